The standard InChI is InChI=1S/C14H16N2O2/c17-13-5-3-11(8-15-13)9-1-4-12-10(7-9)2-6-14(18)16-12/h1,4,7,11H,2-3,5-6,8H2,(H,15,17)(H,16,18). The van der Waals surface area contributed by atoms with E-state index < -0.39 is 0 Å². The van der Waals surface area contributed by atoms with Crippen LogP contribution in [0.5, 0.6) is 0 Å². The molecule has 94 valence electrons. The first kappa shape index (κ1) is 11.3. The third kappa shape index (κ3) is 2.10. The molecule has 2 aliphatic heterocycles. The molecule has 0 bridgehead atoms. The third-order valence-electron chi connectivity index (χ3n) is 3.76. The summed E-state index contributed by atoms with van der Waals surface area (Å²) in [7, 11) is 0. The van der Waals surface area contributed by atoms with E-state index in [-0.39, 0.29) is 11.8 Å². The van der Waals surface area contributed by atoms with Gasteiger partial charge in [0.25, 0.3) is 0 Å². The molecule has 1 unspecified atom stereocenters. The van der Waals surface area contributed by atoms with Gasteiger partial charge >= 0.3 is 0 Å². The summed E-state index contributed by atoms with van der Waals surface area (Å²) in [5.41, 5.74) is 3.42. The summed E-state index contributed by atoms with van der Waals surface area (Å²) in [4.78, 5) is 22.4. The molecule has 2 heterocycles. The van der Waals surface area contributed by atoms with Crippen LogP contribution in [0.1, 0.15) is 36.3 Å². The molecular weight excluding hydrogens is 228 g/mol. The topological polar surface area (TPSA) is 58.2 Å². The number of nitrogens with one attached hydrogen (secondary N) is 2. The molecule has 4 nitrogen and oxygen atoms in total. The van der Waals surface area contributed by atoms with Crippen molar-refractivity contribution in [3.63, 3.8) is 0 Å². The lowest BCUT2D eigenvalue weighted by atomic mass is 9.89. The highest BCUT2D eigenvalue weighted by atomic mass is 16.2. The van der Waals surface area contributed by atoms with Crippen LogP contribution in [0.2, 0.25) is 0 Å². The fourth-order valence-electron chi connectivity index (χ4n) is 2.67. The predicted octanol–water partition coefficient (Wildman–Crippen LogP) is 1.56. The van der Waals surface area contributed by atoms with E-state index >= 15 is 0 Å². The number of benzene rings is 1. The van der Waals surface area contributed by atoms with Crippen molar-refractivity contribution in [3.8, 4) is 0 Å². The van der Waals surface area contributed by atoms with Crippen molar-refractivity contribution in [2.45, 2.75) is 31.6 Å². The van der Waals surface area contributed by atoms with E-state index in [0.717, 1.165) is 25.1 Å². The molecule has 18 heavy (non-hydrogen) atoms. The highest BCUT2D eigenvalue weighted by Crippen LogP contribution is 2.29. The van der Waals surface area contributed by atoms with E-state index in [1.54, 1.807) is 0 Å². The maximum Gasteiger partial charge on any atom is 0.224 e. The number of piperidine rings is 1. The van der Waals surface area contributed by atoms with Gasteiger partial charge in [-0.2, -0.15) is 0 Å². The summed E-state index contributed by atoms with van der Waals surface area (Å²) >= 11 is 0. The van der Waals surface area contributed by atoms with Crippen molar-refractivity contribution >= 4 is 17.5 Å². The maximum absolute atomic E-state index is 11.3. The molecule has 2 aliphatic rings. The fourth-order valence-corrected chi connectivity index (χ4v) is 2.67. The van der Waals surface area contributed by atoms with Crippen molar-refractivity contribution in [2.75, 3.05) is 11.9 Å². The van der Waals surface area contributed by atoms with Gasteiger partial charge in [0, 0.05) is 31.0 Å². The van der Waals surface area contributed by atoms with Gasteiger partial charge in [0.05, 0.1) is 0 Å². The molecule has 1 atom stereocenters. The summed E-state index contributed by atoms with van der Waals surface area (Å²) < 4.78 is 0. The number of anilines is 1. The van der Waals surface area contributed by atoms with Crippen LogP contribution in [-0.4, -0.2) is 18.4 Å². The Morgan fingerprint density at radius 3 is 2.72 bits per heavy atom. The smallest absolute Gasteiger partial charge is 0.224 e. The Morgan fingerprint density at radius 2 is 1.94 bits per heavy atom. The lowest BCUT2D eigenvalue weighted by molar-refractivity contribution is -0.122. The molecule has 0 radical (unpaired) electrons. The minimum absolute atomic E-state index is 0.0974. The summed E-state index contributed by atoms with van der Waals surface area (Å²) in [6.45, 7) is 0.726. The van der Waals surface area contributed by atoms with Crippen LogP contribution in [0.3, 0.4) is 0 Å². The normalized spacial score (nSPS) is 23.0. The second-order valence-corrected chi connectivity index (χ2v) is 5.00. The van der Waals surface area contributed by atoms with Crippen molar-refractivity contribution in [3.05, 3.63) is 29.3 Å². The first-order chi connectivity index (χ1) is 8.72. The van der Waals surface area contributed by atoms with E-state index in [1.165, 1.54) is 11.1 Å². The molecule has 2 N–H and O–H groups in total. The van der Waals surface area contributed by atoms with Gasteiger partial charge in [0.1, 0.15) is 0 Å². The largest absolute Gasteiger partial charge is 0.355 e. The molecular formula is C14H16N2O2. The summed E-state index contributed by atoms with van der Waals surface area (Å²) in [5.74, 6) is 0.655. The monoisotopic (exact) mass is 244 g/mol. The Hall–Kier alpha value is -1.84. The zero-order chi connectivity index (χ0) is 12.5. The number of hydrogen-bond donors (Lipinski definition) is 2. The number of carbonyl (C=O) groups is 2. The van der Waals surface area contributed by atoms with Gasteiger partial charge in [-0.3, -0.25) is 9.59 Å². The molecule has 1 aromatic rings. The van der Waals surface area contributed by atoms with Crippen LogP contribution < -0.4 is 10.6 Å². The molecule has 0 saturated carbocycles. The Labute approximate surface area is 106 Å². The number of aryl methyl sites for hydroxylation is 1. The van der Waals surface area contributed by atoms with Crippen LogP contribution in [0.15, 0.2) is 18.2 Å². The van der Waals surface area contributed by atoms with Crippen LogP contribution in [0, 0.1) is 0 Å². The van der Waals surface area contributed by atoms with Gasteiger partial charge in [0.2, 0.25) is 11.8 Å². The average molecular weight is 244 g/mol. The molecule has 1 saturated heterocycles. The zero-order valence-electron chi connectivity index (χ0n) is 10.2. The SMILES string of the molecule is O=C1CCC(c2ccc3c(c2)CCC(=O)N3)CN1. The highest BCUT2D eigenvalue weighted by molar-refractivity contribution is 5.93. The minimum atomic E-state index is 0.0974. The Bertz CT molecular complexity index is 501. The van der Waals surface area contributed by atoms with Crippen LogP contribution in [0.25, 0.3) is 0 Å². The first-order valence-corrected chi connectivity index (χ1v) is 6.42. The van der Waals surface area contributed by atoms with E-state index in [0.29, 0.717) is 18.8 Å². The van der Waals surface area contributed by atoms with Crippen LogP contribution >= 0.6 is 0 Å². The van der Waals surface area contributed by atoms with Crippen molar-refractivity contribution in [1.29, 1.82) is 0 Å². The van der Waals surface area contributed by atoms with Crippen LogP contribution in [0.4, 0.5) is 5.69 Å². The van der Waals surface area contributed by atoms with Gasteiger partial charge in [-0.25, -0.2) is 0 Å². The number of rotatable bonds is 1. The van der Waals surface area contributed by atoms with Crippen molar-refractivity contribution < 1.29 is 9.59 Å². The maximum atomic E-state index is 11.3. The molecule has 0 spiro atoms. The van der Waals surface area contributed by atoms with E-state index in [1.807, 2.05) is 6.07 Å². The van der Waals surface area contributed by atoms with E-state index in [2.05, 4.69) is 22.8 Å². The van der Waals surface area contributed by atoms with E-state index in [4.69, 9.17) is 0 Å². The third-order valence-corrected chi connectivity index (χ3v) is 3.76. The fraction of sp³-hybridized carbons (Fsp3) is 0.429. The van der Waals surface area contributed by atoms with Crippen LogP contribution in [-0.2, 0) is 16.0 Å². The van der Waals surface area contributed by atoms with Gasteiger partial charge < -0.3 is 10.6 Å². The highest BCUT2D eigenvalue weighted by Gasteiger charge is 2.21. The van der Waals surface area contributed by atoms with E-state index in [9.17, 15) is 9.59 Å². The minimum Gasteiger partial charge on any atom is -0.355 e. The molecule has 4 heteroatoms. The van der Waals surface area contributed by atoms with Gasteiger partial charge in [-0.05, 0) is 30.0 Å². The Kier molecular flexibility index (Phi) is 2.78. The quantitative estimate of drug-likeness (QED) is 0.787. The second-order valence-electron chi connectivity index (χ2n) is 5.00. The summed E-state index contributed by atoms with van der Waals surface area (Å²) in [6, 6.07) is 6.22. The van der Waals surface area contributed by atoms with Crippen molar-refractivity contribution in [1.82, 2.24) is 5.32 Å². The first-order valence-electron chi connectivity index (χ1n) is 6.42. The number of hydrogen-bond acceptors (Lipinski definition) is 2. The molecule has 0 aromatic heterocycles. The number of carbonyl (C=O) groups excluding carboxylic acids is 2. The Balaban J connectivity index is 1.82. The lowest BCUT2D eigenvalue weighted by Gasteiger charge is -2.25. The molecule has 1 fully saturated rings. The number of fused-ring (bicyclic) bond motifs is 1. The summed E-state index contributed by atoms with van der Waals surface area (Å²) in [5, 5.41) is 5.80. The van der Waals surface area contributed by atoms with Gasteiger partial charge in [0.15, 0.2) is 0 Å². The zero-order valence-corrected chi connectivity index (χ0v) is 10.2. The Morgan fingerprint density at radius 1 is 1.06 bits per heavy atom. The predicted molar refractivity (Wildman–Crippen MR) is 68.4 cm³/mol. The molecule has 1 aromatic carbocycles. The van der Waals surface area contributed by atoms with Crippen molar-refractivity contribution in [2.24, 2.45) is 0 Å². The summed E-state index contributed by atoms with van der Waals surface area (Å²) in [6.07, 6.45) is 2.90. The second kappa shape index (κ2) is 4.44. The molecule has 3 rings (SSSR count). The lowest BCUT2D eigenvalue weighted by Crippen LogP contribution is -2.33. The molecule has 0 aliphatic carbocycles. The van der Waals surface area contributed by atoms with Gasteiger partial charge in [-0.15, -0.1) is 0 Å². The molecule has 2 amide bonds. The van der Waals surface area contributed by atoms with Gasteiger partial charge in [-0.1, -0.05) is 12.1 Å². The average Bonchev–Trinajstić information content (AvgIpc) is 2.39. The number of amides is 2.